The first-order valence-electron chi connectivity index (χ1n) is 10.0. The third-order valence-corrected chi connectivity index (χ3v) is 5.30. The molecule has 1 aliphatic carbocycles. The summed E-state index contributed by atoms with van der Waals surface area (Å²) in [6, 6.07) is 16.2. The topological polar surface area (TPSA) is 100 Å². The van der Waals surface area contributed by atoms with E-state index in [1.807, 2.05) is 42.5 Å². The second-order valence-electron chi connectivity index (χ2n) is 7.43. The fourth-order valence-corrected chi connectivity index (χ4v) is 3.84. The van der Waals surface area contributed by atoms with E-state index >= 15 is 0 Å². The molecule has 4 rings (SSSR count). The van der Waals surface area contributed by atoms with Crippen LogP contribution in [-0.4, -0.2) is 34.9 Å². The molecule has 0 bridgehead atoms. The smallest absolute Gasteiger partial charge is 0.411 e. The number of H-pyrrole nitrogens is 1. The number of fused-ring (bicyclic) bond motifs is 1. The number of benzene rings is 2. The molecule has 1 saturated carbocycles. The quantitative estimate of drug-likeness (QED) is 0.441. The van der Waals surface area contributed by atoms with E-state index < -0.39 is 17.8 Å². The van der Waals surface area contributed by atoms with Gasteiger partial charge >= 0.3 is 6.09 Å². The molecule has 1 fully saturated rings. The molecule has 7 nitrogen and oxygen atoms in total. The minimum atomic E-state index is -0.640. The SMILES string of the molecule is O=C(Nc1ccccc1)O[C@H]1CCC[C@H](NC(=O)C(=O)c2c[nH]c3ccccc23)C1. The van der Waals surface area contributed by atoms with E-state index in [1.165, 1.54) is 0 Å². The van der Waals surface area contributed by atoms with Gasteiger partial charge < -0.3 is 15.0 Å². The molecule has 0 radical (unpaired) electrons. The van der Waals surface area contributed by atoms with Gasteiger partial charge in [-0.05, 0) is 37.5 Å². The molecule has 0 unspecified atom stereocenters. The Labute approximate surface area is 173 Å². The maximum Gasteiger partial charge on any atom is 0.411 e. The van der Waals surface area contributed by atoms with Crippen molar-refractivity contribution in [3.05, 3.63) is 66.4 Å². The van der Waals surface area contributed by atoms with Crippen LogP contribution < -0.4 is 10.6 Å². The van der Waals surface area contributed by atoms with Crippen molar-refractivity contribution in [2.45, 2.75) is 37.8 Å². The molecule has 1 heterocycles. The molecule has 1 aliphatic rings. The predicted molar refractivity (Wildman–Crippen MR) is 113 cm³/mol. The minimum absolute atomic E-state index is 0.213. The molecular formula is C23H23N3O4. The third-order valence-electron chi connectivity index (χ3n) is 5.30. The lowest BCUT2D eigenvalue weighted by molar-refractivity contribution is -0.118. The van der Waals surface area contributed by atoms with Gasteiger partial charge in [0.2, 0.25) is 0 Å². The number of carbonyl (C=O) groups is 3. The van der Waals surface area contributed by atoms with Gasteiger partial charge in [0.25, 0.3) is 11.7 Å². The first kappa shape index (κ1) is 19.7. The van der Waals surface area contributed by atoms with Crippen molar-refractivity contribution in [3.63, 3.8) is 0 Å². The van der Waals surface area contributed by atoms with Crippen LogP contribution in [0.15, 0.2) is 60.8 Å². The highest BCUT2D eigenvalue weighted by Gasteiger charge is 2.28. The molecule has 0 spiro atoms. The summed E-state index contributed by atoms with van der Waals surface area (Å²) in [7, 11) is 0. The van der Waals surface area contributed by atoms with E-state index in [9.17, 15) is 14.4 Å². The van der Waals surface area contributed by atoms with Gasteiger partial charge in [0.1, 0.15) is 6.10 Å². The molecule has 2 atom stereocenters. The summed E-state index contributed by atoms with van der Waals surface area (Å²) in [5.41, 5.74) is 1.82. The Kier molecular flexibility index (Phi) is 5.79. The van der Waals surface area contributed by atoms with Crippen LogP contribution in [0.4, 0.5) is 10.5 Å². The maximum atomic E-state index is 12.6. The highest BCUT2D eigenvalue weighted by atomic mass is 16.6. The maximum absolute atomic E-state index is 12.6. The van der Waals surface area contributed by atoms with Gasteiger partial charge in [-0.15, -0.1) is 0 Å². The molecular weight excluding hydrogens is 382 g/mol. The van der Waals surface area contributed by atoms with E-state index in [2.05, 4.69) is 15.6 Å². The van der Waals surface area contributed by atoms with Gasteiger partial charge in [-0.2, -0.15) is 0 Å². The average Bonchev–Trinajstić information content (AvgIpc) is 3.18. The summed E-state index contributed by atoms with van der Waals surface area (Å²) in [5, 5.41) is 6.23. The number of para-hydroxylation sites is 2. The number of rotatable bonds is 5. The van der Waals surface area contributed by atoms with Crippen LogP contribution in [-0.2, 0) is 9.53 Å². The van der Waals surface area contributed by atoms with Crippen molar-refractivity contribution >= 4 is 34.4 Å². The Bertz CT molecular complexity index is 1060. The van der Waals surface area contributed by atoms with Crippen molar-refractivity contribution in [1.29, 1.82) is 0 Å². The number of hydrogen-bond acceptors (Lipinski definition) is 4. The van der Waals surface area contributed by atoms with Crippen molar-refractivity contribution in [2.24, 2.45) is 0 Å². The first-order valence-corrected chi connectivity index (χ1v) is 10.0. The minimum Gasteiger partial charge on any atom is -0.446 e. The largest absolute Gasteiger partial charge is 0.446 e. The third kappa shape index (κ3) is 4.51. The highest BCUT2D eigenvalue weighted by molar-refractivity contribution is 6.45. The lowest BCUT2D eigenvalue weighted by atomic mass is 9.92. The van der Waals surface area contributed by atoms with Crippen molar-refractivity contribution < 1.29 is 19.1 Å². The number of ether oxygens (including phenoxy) is 1. The van der Waals surface area contributed by atoms with E-state index in [-0.39, 0.29) is 12.1 Å². The zero-order valence-corrected chi connectivity index (χ0v) is 16.4. The molecule has 3 aromatic rings. The van der Waals surface area contributed by atoms with Crippen LogP contribution in [0.25, 0.3) is 10.9 Å². The van der Waals surface area contributed by atoms with E-state index in [1.54, 1.807) is 18.3 Å². The van der Waals surface area contributed by atoms with Crippen LogP contribution >= 0.6 is 0 Å². The number of anilines is 1. The van der Waals surface area contributed by atoms with Gasteiger partial charge in [0.15, 0.2) is 0 Å². The Morgan fingerprint density at radius 2 is 1.73 bits per heavy atom. The monoisotopic (exact) mass is 405 g/mol. The number of aromatic amines is 1. The van der Waals surface area contributed by atoms with Gasteiger partial charge in [-0.25, -0.2) is 4.79 Å². The zero-order chi connectivity index (χ0) is 20.9. The summed E-state index contributed by atoms with van der Waals surface area (Å²) in [6.45, 7) is 0. The second kappa shape index (κ2) is 8.82. The Balaban J connectivity index is 1.32. The summed E-state index contributed by atoms with van der Waals surface area (Å²) >= 11 is 0. The Morgan fingerprint density at radius 1 is 0.967 bits per heavy atom. The van der Waals surface area contributed by atoms with Gasteiger partial charge in [0.05, 0.1) is 5.56 Å². The number of aromatic nitrogens is 1. The summed E-state index contributed by atoms with van der Waals surface area (Å²) in [4.78, 5) is 40.3. The lowest BCUT2D eigenvalue weighted by Gasteiger charge is -2.29. The van der Waals surface area contributed by atoms with Gasteiger partial charge in [-0.3, -0.25) is 14.9 Å². The van der Waals surface area contributed by atoms with E-state index in [0.717, 1.165) is 30.2 Å². The lowest BCUT2D eigenvalue weighted by Crippen LogP contribution is -2.43. The van der Waals surface area contributed by atoms with Crippen LogP contribution in [0.3, 0.4) is 0 Å². The average molecular weight is 405 g/mol. The number of ketones is 1. The number of hydrogen-bond donors (Lipinski definition) is 3. The van der Waals surface area contributed by atoms with E-state index in [4.69, 9.17) is 4.74 Å². The molecule has 30 heavy (non-hydrogen) atoms. The Morgan fingerprint density at radius 3 is 2.57 bits per heavy atom. The van der Waals surface area contributed by atoms with E-state index in [0.29, 0.717) is 17.7 Å². The molecule has 154 valence electrons. The molecule has 3 N–H and O–H groups in total. The predicted octanol–water partition coefficient (Wildman–Crippen LogP) is 4.03. The molecule has 7 heteroatoms. The van der Waals surface area contributed by atoms with Crippen molar-refractivity contribution in [1.82, 2.24) is 10.3 Å². The number of carbonyl (C=O) groups excluding carboxylic acids is 3. The molecule has 2 aromatic carbocycles. The summed E-state index contributed by atoms with van der Waals surface area (Å²) < 4.78 is 5.51. The van der Waals surface area contributed by atoms with Crippen LogP contribution in [0.1, 0.15) is 36.0 Å². The summed E-state index contributed by atoms with van der Waals surface area (Å²) in [5.74, 6) is -1.21. The van der Waals surface area contributed by atoms with Crippen LogP contribution in [0, 0.1) is 0 Å². The molecule has 1 aromatic heterocycles. The molecule has 0 aliphatic heterocycles. The summed E-state index contributed by atoms with van der Waals surface area (Å²) in [6.07, 6.45) is 3.49. The molecule has 2 amide bonds. The van der Waals surface area contributed by atoms with Gasteiger partial charge in [0, 0.05) is 35.2 Å². The standard InChI is InChI=1S/C23H23N3O4/c27-21(19-14-24-20-12-5-4-11-18(19)20)22(28)25-16-9-6-10-17(13-16)30-23(29)26-15-7-2-1-3-8-15/h1-5,7-8,11-12,14,16-17,24H,6,9-10,13H2,(H,25,28)(H,26,29)/t16-,17-/m0/s1. The fraction of sp³-hybridized carbons (Fsp3) is 0.261. The van der Waals surface area contributed by atoms with Crippen molar-refractivity contribution in [2.75, 3.05) is 5.32 Å². The first-order chi connectivity index (χ1) is 14.6. The fourth-order valence-electron chi connectivity index (χ4n) is 3.84. The molecule has 0 saturated heterocycles. The van der Waals surface area contributed by atoms with Crippen LogP contribution in [0.2, 0.25) is 0 Å². The zero-order valence-electron chi connectivity index (χ0n) is 16.4. The number of Topliss-reactive ketones (excluding diaryl/α,β-unsaturated/α-hetero) is 1. The number of amides is 2. The van der Waals surface area contributed by atoms with Gasteiger partial charge in [-0.1, -0.05) is 36.4 Å². The second-order valence-corrected chi connectivity index (χ2v) is 7.43. The normalized spacial score (nSPS) is 18.5. The Hall–Kier alpha value is -3.61. The van der Waals surface area contributed by atoms with Crippen LogP contribution in [0.5, 0.6) is 0 Å². The highest BCUT2D eigenvalue weighted by Crippen LogP contribution is 2.23. The van der Waals surface area contributed by atoms with Crippen molar-refractivity contribution in [3.8, 4) is 0 Å². The number of nitrogens with one attached hydrogen (secondary N) is 3.